The summed E-state index contributed by atoms with van der Waals surface area (Å²) in [6, 6.07) is 0. The Labute approximate surface area is 176 Å². The minimum absolute atomic E-state index is 0.556. The molecular weight excluding hydrogens is 348 g/mol. The lowest BCUT2D eigenvalue weighted by molar-refractivity contribution is -0.871. The number of allylic oxidation sites excluding steroid dienone is 2. The molecule has 28 heavy (non-hydrogen) atoms. The summed E-state index contributed by atoms with van der Waals surface area (Å²) < 4.78 is 0.892. The topological polar surface area (TPSA) is 30.5 Å². The Morgan fingerprint density at radius 2 is 1.32 bits per heavy atom. The maximum absolute atomic E-state index is 5.32. The van der Waals surface area contributed by atoms with E-state index in [-0.39, 0.29) is 0 Å². The van der Waals surface area contributed by atoms with Crippen LogP contribution in [0.5, 0.6) is 0 Å². The third-order valence-electron chi connectivity index (χ3n) is 5.10. The van der Waals surface area contributed by atoms with Gasteiger partial charge in [-0.05, 0) is 25.2 Å². The molecule has 168 valence electrons. The monoisotopic (exact) mass is 399 g/mol. The number of hydrogen-bond donors (Lipinski definition) is 1. The molecule has 0 aromatic carbocycles. The number of nitrogens with zero attached hydrogens (tertiary/aromatic N) is 1. The second-order valence-electron chi connectivity index (χ2n) is 9.31. The number of rotatable bonds is 21. The Bertz CT molecular complexity index is 340. The van der Waals surface area contributed by atoms with E-state index < -0.39 is 0 Å². The first kappa shape index (κ1) is 27.6. The summed E-state index contributed by atoms with van der Waals surface area (Å²) in [7, 11) is 6.44. The van der Waals surface area contributed by atoms with Crippen LogP contribution in [0.2, 0.25) is 0 Å². The Hall–Kier alpha value is -0.420. The van der Waals surface area contributed by atoms with Crippen LogP contribution in [0.15, 0.2) is 12.2 Å². The Kier molecular flexibility index (Phi) is 19.6. The molecule has 0 aliphatic rings. The largest absolute Gasteiger partial charge is 0.329 e. The standard InChI is InChI=1S/C24H51N2O2/c1-6-7-8-9-10-11-12-13-14-15-16-17-18-19-24(2)20-22-27-25-28-23-21-26(3,4)5/h18-19,24-25H,6-17,20-23H2,1-5H3/q+1/b19-18+. The van der Waals surface area contributed by atoms with Crippen molar-refractivity contribution in [2.75, 3.05) is 40.9 Å². The fourth-order valence-electron chi connectivity index (χ4n) is 3.04. The van der Waals surface area contributed by atoms with E-state index in [4.69, 9.17) is 9.68 Å². The van der Waals surface area contributed by atoms with Gasteiger partial charge in [0, 0.05) is 0 Å². The molecule has 0 radical (unpaired) electrons. The molecule has 1 N–H and O–H groups in total. The predicted octanol–water partition coefficient (Wildman–Crippen LogP) is 6.43. The fourth-order valence-corrected chi connectivity index (χ4v) is 3.04. The summed E-state index contributed by atoms with van der Waals surface area (Å²) in [6.07, 6.45) is 22.4. The molecule has 4 heteroatoms. The summed E-state index contributed by atoms with van der Waals surface area (Å²) in [5.74, 6) is 0.556. The zero-order valence-electron chi connectivity index (χ0n) is 19.8. The van der Waals surface area contributed by atoms with Crippen LogP contribution < -0.4 is 5.64 Å². The van der Waals surface area contributed by atoms with Crippen LogP contribution in [-0.4, -0.2) is 45.4 Å². The lowest BCUT2D eigenvalue weighted by atomic mass is 10.0. The molecule has 1 atom stereocenters. The smallest absolute Gasteiger partial charge is 0.120 e. The molecule has 0 fully saturated rings. The van der Waals surface area contributed by atoms with Gasteiger partial charge in [-0.3, -0.25) is 9.68 Å². The molecule has 0 aliphatic heterocycles. The van der Waals surface area contributed by atoms with Crippen molar-refractivity contribution < 1.29 is 14.2 Å². The molecule has 0 heterocycles. The van der Waals surface area contributed by atoms with Gasteiger partial charge in [0.25, 0.3) is 0 Å². The molecule has 4 nitrogen and oxygen atoms in total. The van der Waals surface area contributed by atoms with Gasteiger partial charge < -0.3 is 4.48 Å². The molecule has 1 unspecified atom stereocenters. The fraction of sp³-hybridized carbons (Fsp3) is 0.917. The first-order valence-corrected chi connectivity index (χ1v) is 11.9. The van der Waals surface area contributed by atoms with Crippen LogP contribution in [0.3, 0.4) is 0 Å². The molecule has 0 rings (SSSR count). The Morgan fingerprint density at radius 1 is 0.786 bits per heavy atom. The summed E-state index contributed by atoms with van der Waals surface area (Å²) in [6.45, 7) is 6.81. The van der Waals surface area contributed by atoms with E-state index in [1.807, 2.05) is 0 Å². The highest BCUT2D eigenvalue weighted by atomic mass is 16.9. The quantitative estimate of drug-likeness (QED) is 0.104. The number of likely N-dealkylation sites (N-methyl/N-ethyl adjacent to an activating group) is 1. The maximum Gasteiger partial charge on any atom is 0.120 e. The van der Waals surface area contributed by atoms with Crippen molar-refractivity contribution in [3.8, 4) is 0 Å². The summed E-state index contributed by atoms with van der Waals surface area (Å²) >= 11 is 0. The lowest BCUT2D eigenvalue weighted by Gasteiger charge is -2.23. The molecule has 0 aromatic heterocycles. The van der Waals surface area contributed by atoms with Crippen molar-refractivity contribution in [1.29, 1.82) is 0 Å². The van der Waals surface area contributed by atoms with E-state index in [2.05, 4.69) is 52.8 Å². The summed E-state index contributed by atoms with van der Waals surface area (Å²) in [5.41, 5.74) is 2.60. The molecule has 0 saturated heterocycles. The average molecular weight is 400 g/mol. The van der Waals surface area contributed by atoms with Gasteiger partial charge in [-0.25, -0.2) is 0 Å². The van der Waals surface area contributed by atoms with E-state index in [1.54, 1.807) is 0 Å². The van der Waals surface area contributed by atoms with Crippen molar-refractivity contribution in [2.45, 2.75) is 97.3 Å². The molecule has 0 saturated carbocycles. The van der Waals surface area contributed by atoms with Gasteiger partial charge in [-0.2, -0.15) is 0 Å². The summed E-state index contributed by atoms with van der Waals surface area (Å²) in [4.78, 5) is 10.6. The van der Waals surface area contributed by atoms with Crippen molar-refractivity contribution in [3.05, 3.63) is 12.2 Å². The zero-order chi connectivity index (χ0) is 20.9. The van der Waals surface area contributed by atoms with Crippen LogP contribution in [0.1, 0.15) is 97.3 Å². The van der Waals surface area contributed by atoms with Crippen LogP contribution in [0.4, 0.5) is 0 Å². The van der Waals surface area contributed by atoms with Crippen molar-refractivity contribution >= 4 is 0 Å². The van der Waals surface area contributed by atoms with E-state index in [0.717, 1.165) is 17.4 Å². The Morgan fingerprint density at radius 3 is 1.89 bits per heavy atom. The minimum atomic E-state index is 0.556. The third kappa shape index (κ3) is 23.6. The highest BCUT2D eigenvalue weighted by molar-refractivity contribution is 4.86. The maximum atomic E-state index is 5.32. The highest BCUT2D eigenvalue weighted by Gasteiger charge is 2.05. The lowest BCUT2D eigenvalue weighted by Crippen LogP contribution is -2.38. The molecule has 0 aliphatic carbocycles. The predicted molar refractivity (Wildman–Crippen MR) is 122 cm³/mol. The normalized spacial score (nSPS) is 13.5. The van der Waals surface area contributed by atoms with Crippen molar-refractivity contribution in [3.63, 3.8) is 0 Å². The van der Waals surface area contributed by atoms with Gasteiger partial charge in [0.05, 0.1) is 27.7 Å². The number of quaternary nitrogens is 1. The molecule has 0 spiro atoms. The molecule has 0 bridgehead atoms. The van der Waals surface area contributed by atoms with Crippen LogP contribution in [0.25, 0.3) is 0 Å². The summed E-state index contributed by atoms with van der Waals surface area (Å²) in [5, 5.41) is 0. The molecule has 0 amide bonds. The number of hydrogen-bond acceptors (Lipinski definition) is 3. The van der Waals surface area contributed by atoms with Gasteiger partial charge >= 0.3 is 0 Å². The number of unbranched alkanes of at least 4 members (excludes halogenated alkanes) is 11. The van der Waals surface area contributed by atoms with Crippen LogP contribution in [-0.2, 0) is 9.68 Å². The first-order chi connectivity index (χ1) is 13.5. The van der Waals surface area contributed by atoms with Crippen molar-refractivity contribution in [2.24, 2.45) is 5.92 Å². The minimum Gasteiger partial charge on any atom is -0.329 e. The van der Waals surface area contributed by atoms with Gasteiger partial charge in [0.2, 0.25) is 0 Å². The van der Waals surface area contributed by atoms with Crippen molar-refractivity contribution in [1.82, 2.24) is 5.64 Å². The van der Waals surface area contributed by atoms with Crippen LogP contribution in [0, 0.1) is 5.92 Å². The average Bonchev–Trinajstić information content (AvgIpc) is 2.64. The third-order valence-corrected chi connectivity index (χ3v) is 5.10. The highest BCUT2D eigenvalue weighted by Crippen LogP contribution is 2.12. The van der Waals surface area contributed by atoms with E-state index in [9.17, 15) is 0 Å². The van der Waals surface area contributed by atoms with Gasteiger partial charge in [-0.1, -0.05) is 95.9 Å². The zero-order valence-corrected chi connectivity index (χ0v) is 19.8. The van der Waals surface area contributed by atoms with Crippen LogP contribution >= 0.6 is 0 Å². The van der Waals surface area contributed by atoms with Gasteiger partial charge in [0.15, 0.2) is 0 Å². The second-order valence-corrected chi connectivity index (χ2v) is 9.31. The first-order valence-electron chi connectivity index (χ1n) is 11.9. The van der Waals surface area contributed by atoms with E-state index in [1.165, 1.54) is 77.0 Å². The van der Waals surface area contributed by atoms with Gasteiger partial charge in [0.1, 0.15) is 13.2 Å². The molecular formula is C24H51N2O2+. The Balaban J connectivity index is 3.28. The van der Waals surface area contributed by atoms with E-state index >= 15 is 0 Å². The second kappa shape index (κ2) is 19.9. The SMILES string of the molecule is CCCCCCCCCCCCC/C=C/C(C)CCONOCC[N+](C)(C)C. The molecule has 0 aromatic rings. The number of nitrogens with one attached hydrogen (secondary N) is 1. The van der Waals surface area contributed by atoms with Gasteiger partial charge in [-0.15, -0.1) is 0 Å². The van der Waals surface area contributed by atoms with E-state index in [0.29, 0.717) is 19.1 Å².